The van der Waals surface area contributed by atoms with Crippen molar-refractivity contribution in [2.24, 2.45) is 5.92 Å². The van der Waals surface area contributed by atoms with Crippen LogP contribution in [0.5, 0.6) is 11.5 Å². The van der Waals surface area contributed by atoms with E-state index in [1.807, 2.05) is 39.0 Å². The molecular formula is C20H25NO4S. The van der Waals surface area contributed by atoms with Gasteiger partial charge in [0.25, 0.3) is 0 Å². The molecular weight excluding hydrogens is 350 g/mol. The first kappa shape index (κ1) is 18.7. The maximum atomic E-state index is 12.8. The molecule has 2 aromatic carbocycles. The van der Waals surface area contributed by atoms with Crippen LogP contribution in [-0.2, 0) is 10.0 Å². The fraction of sp³-hybridized carbons (Fsp3) is 0.400. The quantitative estimate of drug-likeness (QED) is 0.863. The molecule has 1 N–H and O–H groups in total. The van der Waals surface area contributed by atoms with Crippen molar-refractivity contribution in [3.8, 4) is 11.5 Å². The molecule has 140 valence electrons. The number of sulfonamides is 1. The second-order valence-electron chi connectivity index (χ2n) is 6.91. The van der Waals surface area contributed by atoms with Gasteiger partial charge in [0.05, 0.1) is 18.1 Å². The number of hydrogen-bond donors (Lipinski definition) is 1. The Morgan fingerprint density at radius 3 is 2.27 bits per heavy atom. The minimum Gasteiger partial charge on any atom is -0.490 e. The van der Waals surface area contributed by atoms with Crippen LogP contribution in [-0.4, -0.2) is 21.6 Å². The Kier molecular flexibility index (Phi) is 5.53. The highest BCUT2D eigenvalue weighted by Crippen LogP contribution is 2.34. The van der Waals surface area contributed by atoms with Gasteiger partial charge in [-0.1, -0.05) is 37.6 Å². The molecule has 1 aliphatic heterocycles. The van der Waals surface area contributed by atoms with Crippen LogP contribution in [0.2, 0.25) is 0 Å². The molecule has 0 bridgehead atoms. The molecule has 6 heteroatoms. The summed E-state index contributed by atoms with van der Waals surface area (Å²) in [7, 11) is -3.62. The van der Waals surface area contributed by atoms with Gasteiger partial charge in [0.1, 0.15) is 0 Å². The standard InChI is InChI=1S/C20H25NO4S/c1-14(2)20(21-26(22,23)17-8-5-15(3)6-9-17)16-7-10-18-19(13-16)25-12-4-11-24-18/h5-10,13-14,20-21H,4,11-12H2,1-3H3/t20-/m1/s1. The van der Waals surface area contributed by atoms with E-state index in [4.69, 9.17) is 9.47 Å². The van der Waals surface area contributed by atoms with Gasteiger partial charge in [-0.25, -0.2) is 13.1 Å². The van der Waals surface area contributed by atoms with Crippen LogP contribution in [0.15, 0.2) is 47.4 Å². The molecule has 3 rings (SSSR count). The maximum Gasteiger partial charge on any atom is 0.241 e. The number of aryl methyl sites for hydroxylation is 1. The lowest BCUT2D eigenvalue weighted by Crippen LogP contribution is -2.31. The molecule has 0 fully saturated rings. The molecule has 2 aromatic rings. The van der Waals surface area contributed by atoms with Crippen molar-refractivity contribution in [3.63, 3.8) is 0 Å². The molecule has 1 atom stereocenters. The molecule has 0 unspecified atom stereocenters. The van der Waals surface area contributed by atoms with E-state index in [1.54, 1.807) is 24.3 Å². The van der Waals surface area contributed by atoms with E-state index in [-0.39, 0.29) is 16.9 Å². The van der Waals surface area contributed by atoms with Crippen LogP contribution >= 0.6 is 0 Å². The SMILES string of the molecule is Cc1ccc(S(=O)(=O)N[C@@H](c2ccc3c(c2)OCCCO3)C(C)C)cc1. The molecule has 0 spiro atoms. The van der Waals surface area contributed by atoms with E-state index in [1.165, 1.54) is 0 Å². The van der Waals surface area contributed by atoms with Crippen LogP contribution in [0.4, 0.5) is 0 Å². The number of ether oxygens (including phenoxy) is 2. The number of benzene rings is 2. The summed E-state index contributed by atoms with van der Waals surface area (Å²) >= 11 is 0. The largest absolute Gasteiger partial charge is 0.490 e. The fourth-order valence-corrected chi connectivity index (χ4v) is 4.29. The summed E-state index contributed by atoms with van der Waals surface area (Å²) in [5.74, 6) is 1.44. The summed E-state index contributed by atoms with van der Waals surface area (Å²) < 4.78 is 39.9. The van der Waals surface area contributed by atoms with Crippen LogP contribution in [0, 0.1) is 12.8 Å². The summed E-state index contributed by atoms with van der Waals surface area (Å²) in [5, 5.41) is 0. The lowest BCUT2D eigenvalue weighted by Gasteiger charge is -2.23. The van der Waals surface area contributed by atoms with E-state index >= 15 is 0 Å². The first-order chi connectivity index (χ1) is 12.4. The average molecular weight is 375 g/mol. The third-order valence-electron chi connectivity index (χ3n) is 4.41. The molecule has 0 amide bonds. The third-order valence-corrected chi connectivity index (χ3v) is 5.87. The van der Waals surface area contributed by atoms with Crippen molar-refractivity contribution >= 4 is 10.0 Å². The Balaban J connectivity index is 1.90. The smallest absolute Gasteiger partial charge is 0.241 e. The van der Waals surface area contributed by atoms with E-state index in [2.05, 4.69) is 4.72 Å². The van der Waals surface area contributed by atoms with Crippen LogP contribution in [0.25, 0.3) is 0 Å². The van der Waals surface area contributed by atoms with E-state index in [9.17, 15) is 8.42 Å². The Labute approximate surface area is 155 Å². The average Bonchev–Trinajstić information content (AvgIpc) is 2.84. The van der Waals surface area contributed by atoms with Crippen molar-refractivity contribution in [2.75, 3.05) is 13.2 Å². The van der Waals surface area contributed by atoms with Gasteiger partial charge in [0, 0.05) is 12.5 Å². The van der Waals surface area contributed by atoms with Crippen molar-refractivity contribution in [1.29, 1.82) is 0 Å². The lowest BCUT2D eigenvalue weighted by molar-refractivity contribution is 0.297. The molecule has 1 heterocycles. The third kappa shape index (κ3) is 4.19. The zero-order chi connectivity index (χ0) is 18.7. The Hall–Kier alpha value is -2.05. The van der Waals surface area contributed by atoms with E-state index in [0.717, 1.165) is 17.5 Å². The van der Waals surface area contributed by atoms with Crippen molar-refractivity contribution in [3.05, 3.63) is 53.6 Å². The van der Waals surface area contributed by atoms with E-state index < -0.39 is 10.0 Å². The van der Waals surface area contributed by atoms with Gasteiger partial charge in [-0.2, -0.15) is 0 Å². The zero-order valence-electron chi connectivity index (χ0n) is 15.4. The predicted octanol–water partition coefficient (Wildman–Crippen LogP) is 3.83. The first-order valence-corrected chi connectivity index (χ1v) is 10.3. The summed E-state index contributed by atoms with van der Waals surface area (Å²) in [6.45, 7) is 7.13. The monoisotopic (exact) mass is 375 g/mol. The molecule has 0 radical (unpaired) electrons. The fourth-order valence-electron chi connectivity index (χ4n) is 2.91. The molecule has 0 aliphatic carbocycles. The molecule has 5 nitrogen and oxygen atoms in total. The molecule has 0 saturated heterocycles. The van der Waals surface area contributed by atoms with Gasteiger partial charge < -0.3 is 9.47 Å². The summed E-state index contributed by atoms with van der Waals surface area (Å²) in [6.07, 6.45) is 0.831. The number of nitrogens with one attached hydrogen (secondary N) is 1. The normalized spacial score (nSPS) is 15.5. The van der Waals surface area contributed by atoms with Crippen LogP contribution < -0.4 is 14.2 Å². The summed E-state index contributed by atoms with van der Waals surface area (Å²) in [6, 6.07) is 12.1. The van der Waals surface area contributed by atoms with Crippen molar-refractivity contribution in [1.82, 2.24) is 4.72 Å². The first-order valence-electron chi connectivity index (χ1n) is 8.85. The van der Waals surface area contributed by atoms with Gasteiger partial charge in [-0.15, -0.1) is 0 Å². The minimum atomic E-state index is -3.62. The lowest BCUT2D eigenvalue weighted by atomic mass is 9.97. The second kappa shape index (κ2) is 7.68. The summed E-state index contributed by atoms with van der Waals surface area (Å²) in [4.78, 5) is 0.267. The van der Waals surface area contributed by atoms with Crippen molar-refractivity contribution in [2.45, 2.75) is 38.1 Å². The highest BCUT2D eigenvalue weighted by atomic mass is 32.2. The molecule has 26 heavy (non-hydrogen) atoms. The Bertz CT molecular complexity index is 860. The minimum absolute atomic E-state index is 0.0694. The summed E-state index contributed by atoms with van der Waals surface area (Å²) in [5.41, 5.74) is 1.88. The van der Waals surface area contributed by atoms with Gasteiger partial charge in [0.15, 0.2) is 11.5 Å². The molecule has 1 aliphatic rings. The van der Waals surface area contributed by atoms with E-state index in [0.29, 0.717) is 24.7 Å². The molecule has 0 saturated carbocycles. The van der Waals surface area contributed by atoms with Crippen molar-refractivity contribution < 1.29 is 17.9 Å². The van der Waals surface area contributed by atoms with Crippen LogP contribution in [0.1, 0.15) is 37.4 Å². The number of rotatable bonds is 5. The maximum absolute atomic E-state index is 12.8. The number of fused-ring (bicyclic) bond motifs is 1. The molecule has 0 aromatic heterocycles. The highest BCUT2D eigenvalue weighted by molar-refractivity contribution is 7.89. The Morgan fingerprint density at radius 1 is 0.962 bits per heavy atom. The van der Waals surface area contributed by atoms with Gasteiger partial charge in [-0.3, -0.25) is 0 Å². The second-order valence-corrected chi connectivity index (χ2v) is 8.63. The zero-order valence-corrected chi connectivity index (χ0v) is 16.2. The topological polar surface area (TPSA) is 64.6 Å². The van der Waals surface area contributed by atoms with Gasteiger partial charge in [-0.05, 0) is 42.7 Å². The number of hydrogen-bond acceptors (Lipinski definition) is 4. The van der Waals surface area contributed by atoms with Crippen LogP contribution in [0.3, 0.4) is 0 Å². The van der Waals surface area contributed by atoms with Gasteiger partial charge >= 0.3 is 0 Å². The highest BCUT2D eigenvalue weighted by Gasteiger charge is 2.25. The van der Waals surface area contributed by atoms with Gasteiger partial charge in [0.2, 0.25) is 10.0 Å². The Morgan fingerprint density at radius 2 is 1.62 bits per heavy atom. The predicted molar refractivity (Wildman–Crippen MR) is 101 cm³/mol.